The number of amidine groups is 1. The number of benzene rings is 4. The summed E-state index contributed by atoms with van der Waals surface area (Å²) >= 11 is 0. The molecule has 41 heavy (non-hydrogen) atoms. The Labute approximate surface area is 239 Å². The number of nitrogens with zero attached hydrogens (tertiary/aromatic N) is 3. The first-order valence-electron chi connectivity index (χ1n) is 13.2. The second kappa shape index (κ2) is 11.6. The second-order valence-corrected chi connectivity index (χ2v) is 9.84. The first kappa shape index (κ1) is 27.5. The predicted octanol–water partition coefficient (Wildman–Crippen LogP) is 6.50. The normalized spacial score (nSPS) is 14.5. The Bertz CT molecular complexity index is 1630. The molecule has 0 saturated carbocycles. The van der Waals surface area contributed by atoms with Crippen molar-refractivity contribution < 1.29 is 19.1 Å². The topological polar surface area (TPSA) is 83.5 Å². The van der Waals surface area contributed by atoms with Crippen LogP contribution >= 0.6 is 0 Å². The lowest BCUT2D eigenvalue weighted by Gasteiger charge is -2.32. The summed E-state index contributed by atoms with van der Waals surface area (Å²) in [5.74, 6) is 1.02. The summed E-state index contributed by atoms with van der Waals surface area (Å²) in [6.45, 7) is 5.42. The highest BCUT2D eigenvalue weighted by Gasteiger charge is 2.39. The van der Waals surface area contributed by atoms with Crippen LogP contribution in [0.25, 0.3) is 0 Å². The van der Waals surface area contributed by atoms with E-state index in [0.29, 0.717) is 28.4 Å². The Morgan fingerprint density at radius 1 is 0.805 bits per heavy atom. The number of rotatable bonds is 8. The van der Waals surface area contributed by atoms with Crippen molar-refractivity contribution in [2.24, 2.45) is 5.10 Å². The Hall–Kier alpha value is -5.11. The molecule has 8 nitrogen and oxygen atoms in total. The van der Waals surface area contributed by atoms with Crippen LogP contribution in [0.3, 0.4) is 0 Å². The monoisotopic (exact) mass is 548 g/mol. The number of hydrogen-bond acceptors (Lipinski definition) is 7. The van der Waals surface area contributed by atoms with Gasteiger partial charge in [0.05, 0.1) is 19.9 Å². The molecule has 1 aliphatic heterocycles. The number of hydrogen-bond donors (Lipinski definition) is 1. The SMILES string of the molecule is COc1ccc(C2N(c3ccc(C)cc3)N=C(C(C)=O)N2c2cccc(NC(=O)c3ccccc3C)c2)cc1OC. The molecule has 0 spiro atoms. The van der Waals surface area contributed by atoms with E-state index in [1.165, 1.54) is 6.92 Å². The van der Waals surface area contributed by atoms with Crippen LogP contribution in [0.5, 0.6) is 11.5 Å². The van der Waals surface area contributed by atoms with Gasteiger partial charge in [0, 0.05) is 29.4 Å². The molecule has 0 bridgehead atoms. The van der Waals surface area contributed by atoms with Gasteiger partial charge in [-0.1, -0.05) is 48.0 Å². The Morgan fingerprint density at radius 3 is 2.22 bits per heavy atom. The number of ether oxygens (including phenoxy) is 2. The first-order chi connectivity index (χ1) is 19.8. The molecular formula is C33H32N4O4. The zero-order chi connectivity index (χ0) is 29.1. The standard InChI is InChI=1S/C33H32N4O4/c1-21-13-16-26(17-14-21)37-33(24-15-18-29(40-4)30(19-24)41-5)36(31(35-37)23(3)38)27-11-8-10-25(20-27)34-32(39)28-12-7-6-9-22(28)2/h6-20,33H,1-5H3,(H,34,39). The molecule has 4 aromatic rings. The average molecular weight is 549 g/mol. The number of hydrazone groups is 1. The van der Waals surface area contributed by atoms with Gasteiger partial charge in [-0.2, -0.15) is 0 Å². The largest absolute Gasteiger partial charge is 0.493 e. The van der Waals surface area contributed by atoms with Crippen molar-refractivity contribution in [2.45, 2.75) is 26.9 Å². The van der Waals surface area contributed by atoms with E-state index in [1.807, 2.05) is 109 Å². The third-order valence-corrected chi connectivity index (χ3v) is 7.00. The average Bonchev–Trinajstić information content (AvgIpc) is 3.38. The van der Waals surface area contributed by atoms with E-state index < -0.39 is 6.17 Å². The minimum Gasteiger partial charge on any atom is -0.493 e. The fraction of sp³-hybridized carbons (Fsp3) is 0.182. The molecule has 1 unspecified atom stereocenters. The van der Waals surface area contributed by atoms with Crippen molar-refractivity contribution in [3.05, 3.63) is 113 Å². The van der Waals surface area contributed by atoms with E-state index in [1.54, 1.807) is 20.3 Å². The maximum atomic E-state index is 13.1. The fourth-order valence-electron chi connectivity index (χ4n) is 4.89. The number of carbonyl (C=O) groups is 2. The molecule has 0 fully saturated rings. The van der Waals surface area contributed by atoms with Gasteiger partial charge in [-0.15, -0.1) is 5.10 Å². The maximum absolute atomic E-state index is 13.1. The number of amides is 1. The second-order valence-electron chi connectivity index (χ2n) is 9.84. The van der Waals surface area contributed by atoms with Crippen molar-refractivity contribution in [2.75, 3.05) is 29.4 Å². The number of methoxy groups -OCH3 is 2. The summed E-state index contributed by atoms with van der Waals surface area (Å²) in [5.41, 5.74) is 5.53. The van der Waals surface area contributed by atoms with Crippen molar-refractivity contribution >= 4 is 34.6 Å². The predicted molar refractivity (Wildman–Crippen MR) is 162 cm³/mol. The lowest BCUT2D eigenvalue weighted by atomic mass is 10.1. The Balaban J connectivity index is 1.61. The highest BCUT2D eigenvalue weighted by molar-refractivity contribution is 6.44. The molecule has 8 heteroatoms. The summed E-state index contributed by atoms with van der Waals surface area (Å²) in [6, 6.07) is 28.5. The fourth-order valence-corrected chi connectivity index (χ4v) is 4.89. The van der Waals surface area contributed by atoms with Gasteiger partial charge in [0.25, 0.3) is 5.91 Å². The van der Waals surface area contributed by atoms with Crippen LogP contribution in [0.1, 0.15) is 40.1 Å². The van der Waals surface area contributed by atoms with Gasteiger partial charge in [0.1, 0.15) is 0 Å². The summed E-state index contributed by atoms with van der Waals surface area (Å²) < 4.78 is 11.1. The number of ketones is 1. The molecule has 1 heterocycles. The zero-order valence-electron chi connectivity index (χ0n) is 23.7. The van der Waals surface area contributed by atoms with Crippen LogP contribution in [0.15, 0.2) is 96.1 Å². The van der Waals surface area contributed by atoms with Crippen molar-refractivity contribution in [1.82, 2.24) is 0 Å². The van der Waals surface area contributed by atoms with Gasteiger partial charge in [-0.25, -0.2) is 5.01 Å². The first-order valence-corrected chi connectivity index (χ1v) is 13.2. The molecule has 0 aliphatic carbocycles. The smallest absolute Gasteiger partial charge is 0.255 e. The van der Waals surface area contributed by atoms with E-state index >= 15 is 0 Å². The number of aryl methyl sites for hydroxylation is 2. The molecule has 0 radical (unpaired) electrons. The van der Waals surface area contributed by atoms with Crippen LogP contribution < -0.4 is 24.7 Å². The van der Waals surface area contributed by atoms with E-state index in [0.717, 1.165) is 22.4 Å². The molecule has 1 atom stereocenters. The maximum Gasteiger partial charge on any atom is 0.255 e. The van der Waals surface area contributed by atoms with E-state index in [-0.39, 0.29) is 17.5 Å². The minimum atomic E-state index is -0.529. The van der Waals surface area contributed by atoms with Crippen LogP contribution in [0.2, 0.25) is 0 Å². The molecular weight excluding hydrogens is 516 g/mol. The third kappa shape index (κ3) is 5.49. The zero-order valence-corrected chi connectivity index (χ0v) is 23.7. The van der Waals surface area contributed by atoms with E-state index in [9.17, 15) is 9.59 Å². The van der Waals surface area contributed by atoms with Crippen molar-refractivity contribution in [1.29, 1.82) is 0 Å². The number of carbonyl (C=O) groups excluding carboxylic acids is 2. The lowest BCUT2D eigenvalue weighted by Crippen LogP contribution is -2.37. The summed E-state index contributed by atoms with van der Waals surface area (Å²) in [7, 11) is 3.18. The van der Waals surface area contributed by atoms with Crippen LogP contribution in [-0.4, -0.2) is 31.7 Å². The van der Waals surface area contributed by atoms with Gasteiger partial charge in [0.2, 0.25) is 0 Å². The molecule has 1 amide bonds. The molecule has 5 rings (SSSR count). The highest BCUT2D eigenvalue weighted by Crippen LogP contribution is 2.42. The van der Waals surface area contributed by atoms with Crippen LogP contribution in [0.4, 0.5) is 17.1 Å². The van der Waals surface area contributed by atoms with Crippen LogP contribution in [-0.2, 0) is 4.79 Å². The summed E-state index contributed by atoms with van der Waals surface area (Å²) in [4.78, 5) is 28.0. The number of anilines is 3. The molecule has 208 valence electrons. The quantitative estimate of drug-likeness (QED) is 0.271. The van der Waals surface area contributed by atoms with Gasteiger partial charge in [-0.05, 0) is 67.9 Å². The highest BCUT2D eigenvalue weighted by atomic mass is 16.5. The molecule has 0 aromatic heterocycles. The lowest BCUT2D eigenvalue weighted by molar-refractivity contribution is -0.111. The summed E-state index contributed by atoms with van der Waals surface area (Å²) in [5, 5.41) is 9.65. The third-order valence-electron chi connectivity index (χ3n) is 7.00. The minimum absolute atomic E-state index is 0.195. The van der Waals surface area contributed by atoms with E-state index in [2.05, 4.69) is 5.32 Å². The molecule has 1 aliphatic rings. The Morgan fingerprint density at radius 2 is 1.54 bits per heavy atom. The van der Waals surface area contributed by atoms with Gasteiger partial charge in [0.15, 0.2) is 29.3 Å². The van der Waals surface area contributed by atoms with Crippen LogP contribution in [0, 0.1) is 13.8 Å². The van der Waals surface area contributed by atoms with E-state index in [4.69, 9.17) is 14.6 Å². The van der Waals surface area contributed by atoms with Crippen molar-refractivity contribution in [3.8, 4) is 11.5 Å². The molecule has 4 aromatic carbocycles. The number of nitrogens with one attached hydrogen (secondary N) is 1. The van der Waals surface area contributed by atoms with Gasteiger partial charge >= 0.3 is 0 Å². The molecule has 1 N–H and O–H groups in total. The van der Waals surface area contributed by atoms with Gasteiger partial charge in [-0.3, -0.25) is 14.5 Å². The molecule has 0 saturated heterocycles. The van der Waals surface area contributed by atoms with Crippen molar-refractivity contribution in [3.63, 3.8) is 0 Å². The number of Topliss-reactive ketones (excluding diaryl/α,β-unsaturated/α-hetero) is 1. The van der Waals surface area contributed by atoms with Gasteiger partial charge < -0.3 is 14.8 Å². The Kier molecular flexibility index (Phi) is 7.74. The summed E-state index contributed by atoms with van der Waals surface area (Å²) in [6.07, 6.45) is -0.529.